The lowest BCUT2D eigenvalue weighted by atomic mass is 10.2. The van der Waals surface area contributed by atoms with Crippen molar-refractivity contribution in [2.45, 2.75) is 38.3 Å². The van der Waals surface area contributed by atoms with Crippen molar-refractivity contribution in [2.75, 3.05) is 0 Å². The Bertz CT molecular complexity index is 832. The number of nitrogens with one attached hydrogen (secondary N) is 2. The fraction of sp³-hybridized carbons (Fsp3) is 0.353. The Morgan fingerprint density at radius 1 is 1.38 bits per heavy atom. The molecule has 1 saturated carbocycles. The van der Waals surface area contributed by atoms with Gasteiger partial charge in [-0.3, -0.25) is 0 Å². The molecule has 7 nitrogen and oxygen atoms in total. The van der Waals surface area contributed by atoms with Crippen LogP contribution in [0.15, 0.2) is 39.3 Å². The monoisotopic (exact) mass is 326 g/mol. The number of hydrogen-bond donors (Lipinski definition) is 2. The second-order valence-corrected chi connectivity index (χ2v) is 6.06. The minimum absolute atomic E-state index is 0.207. The van der Waals surface area contributed by atoms with E-state index in [1.54, 1.807) is 0 Å². The molecule has 0 spiro atoms. The summed E-state index contributed by atoms with van der Waals surface area (Å²) in [5.74, 6) is 2.30. The molecule has 1 atom stereocenters. The van der Waals surface area contributed by atoms with Gasteiger partial charge in [0.05, 0.1) is 12.6 Å². The molecule has 2 N–H and O–H groups in total. The molecule has 1 fully saturated rings. The standard InChI is InChI=1S/C17H18N4O3/c1-10(14-8-12-4-2-3-5-13(12)23-14)19-17(22)18-9-15-20-16(21-24-15)11-6-7-11/h2-5,8,10-11H,6-7,9H2,1H3,(H2,18,19,22). The molecule has 0 bridgehead atoms. The molecule has 1 aliphatic rings. The number of amides is 2. The molecule has 3 aromatic rings. The number of urea groups is 1. The van der Waals surface area contributed by atoms with Crippen LogP contribution in [0.4, 0.5) is 4.79 Å². The van der Waals surface area contributed by atoms with Crippen LogP contribution in [-0.4, -0.2) is 16.2 Å². The highest BCUT2D eigenvalue weighted by atomic mass is 16.5. The first-order valence-electron chi connectivity index (χ1n) is 8.04. The Morgan fingerprint density at radius 3 is 3.00 bits per heavy atom. The van der Waals surface area contributed by atoms with Crippen LogP contribution in [0.1, 0.15) is 49.2 Å². The third kappa shape index (κ3) is 3.10. The van der Waals surface area contributed by atoms with Crippen molar-refractivity contribution in [3.63, 3.8) is 0 Å². The molecular formula is C17H18N4O3. The van der Waals surface area contributed by atoms with Gasteiger partial charge >= 0.3 is 6.03 Å². The van der Waals surface area contributed by atoms with Crippen molar-refractivity contribution < 1.29 is 13.7 Å². The number of para-hydroxylation sites is 1. The second kappa shape index (κ2) is 5.99. The summed E-state index contributed by atoms with van der Waals surface area (Å²) in [6.07, 6.45) is 2.23. The van der Waals surface area contributed by atoms with Gasteiger partial charge in [-0.05, 0) is 31.9 Å². The predicted octanol–water partition coefficient (Wildman–Crippen LogP) is 3.25. The van der Waals surface area contributed by atoms with Crippen molar-refractivity contribution in [2.24, 2.45) is 0 Å². The molecule has 0 radical (unpaired) electrons. The SMILES string of the molecule is CC(NC(=O)NCc1nc(C2CC2)no1)c1cc2ccccc2o1. The number of hydrogen-bond acceptors (Lipinski definition) is 5. The first-order chi connectivity index (χ1) is 11.7. The second-order valence-electron chi connectivity index (χ2n) is 6.06. The van der Waals surface area contributed by atoms with E-state index in [2.05, 4.69) is 20.8 Å². The van der Waals surface area contributed by atoms with Crippen molar-refractivity contribution >= 4 is 17.0 Å². The number of fused-ring (bicyclic) bond motifs is 1. The van der Waals surface area contributed by atoms with Gasteiger partial charge in [0, 0.05) is 11.3 Å². The van der Waals surface area contributed by atoms with E-state index in [1.807, 2.05) is 37.3 Å². The summed E-state index contributed by atoms with van der Waals surface area (Å²) in [5, 5.41) is 10.5. The normalized spacial score (nSPS) is 15.4. The number of carbonyl (C=O) groups is 1. The average molecular weight is 326 g/mol. The van der Waals surface area contributed by atoms with E-state index in [9.17, 15) is 4.79 Å². The summed E-state index contributed by atoms with van der Waals surface area (Å²) < 4.78 is 10.9. The minimum atomic E-state index is -0.311. The Hall–Kier alpha value is -2.83. The van der Waals surface area contributed by atoms with Crippen LogP contribution in [0.25, 0.3) is 11.0 Å². The van der Waals surface area contributed by atoms with Crippen LogP contribution in [-0.2, 0) is 6.54 Å². The Labute approximate surface area is 138 Å². The van der Waals surface area contributed by atoms with E-state index in [0.29, 0.717) is 17.6 Å². The molecule has 2 amide bonds. The lowest BCUT2D eigenvalue weighted by Gasteiger charge is -2.11. The lowest BCUT2D eigenvalue weighted by molar-refractivity contribution is 0.234. The third-order valence-electron chi connectivity index (χ3n) is 4.05. The van der Waals surface area contributed by atoms with Crippen LogP contribution in [0.2, 0.25) is 0 Å². The molecule has 1 aliphatic carbocycles. The summed E-state index contributed by atoms with van der Waals surface area (Å²) in [6, 6.07) is 9.12. The maximum Gasteiger partial charge on any atom is 0.315 e. The van der Waals surface area contributed by atoms with Gasteiger partial charge in [-0.25, -0.2) is 4.79 Å². The maximum atomic E-state index is 12.0. The number of nitrogens with zero attached hydrogens (tertiary/aromatic N) is 2. The number of carbonyl (C=O) groups excluding carboxylic acids is 1. The van der Waals surface area contributed by atoms with E-state index in [-0.39, 0.29) is 18.6 Å². The number of aromatic nitrogens is 2. The van der Waals surface area contributed by atoms with Gasteiger partial charge in [0.1, 0.15) is 11.3 Å². The topological polar surface area (TPSA) is 93.2 Å². The number of furan rings is 1. The highest BCUT2D eigenvalue weighted by molar-refractivity contribution is 5.78. The predicted molar refractivity (Wildman–Crippen MR) is 86.3 cm³/mol. The van der Waals surface area contributed by atoms with Crippen molar-refractivity contribution in [1.82, 2.24) is 20.8 Å². The molecule has 2 heterocycles. The fourth-order valence-corrected chi connectivity index (χ4v) is 2.54. The summed E-state index contributed by atoms with van der Waals surface area (Å²) >= 11 is 0. The van der Waals surface area contributed by atoms with Gasteiger partial charge < -0.3 is 19.6 Å². The Balaban J connectivity index is 1.32. The zero-order valence-corrected chi connectivity index (χ0v) is 13.3. The smallest absolute Gasteiger partial charge is 0.315 e. The van der Waals surface area contributed by atoms with Crippen molar-refractivity contribution in [1.29, 1.82) is 0 Å². The summed E-state index contributed by atoms with van der Waals surface area (Å²) in [5.41, 5.74) is 0.806. The van der Waals surface area contributed by atoms with Crippen molar-refractivity contribution in [3.8, 4) is 0 Å². The van der Waals surface area contributed by atoms with Crippen LogP contribution in [0, 0.1) is 0 Å². The quantitative estimate of drug-likeness (QED) is 0.750. The zero-order chi connectivity index (χ0) is 16.5. The Morgan fingerprint density at radius 2 is 2.21 bits per heavy atom. The van der Waals surface area contributed by atoms with Gasteiger partial charge in [-0.2, -0.15) is 4.98 Å². The molecule has 4 rings (SSSR count). The zero-order valence-electron chi connectivity index (χ0n) is 13.3. The minimum Gasteiger partial charge on any atom is -0.459 e. The molecule has 2 aromatic heterocycles. The van der Waals surface area contributed by atoms with E-state index < -0.39 is 0 Å². The molecule has 7 heteroatoms. The fourth-order valence-electron chi connectivity index (χ4n) is 2.54. The van der Waals surface area contributed by atoms with Crippen LogP contribution in [0.3, 0.4) is 0 Å². The van der Waals surface area contributed by atoms with Gasteiger partial charge in [0.25, 0.3) is 0 Å². The molecular weight excluding hydrogens is 308 g/mol. The largest absolute Gasteiger partial charge is 0.459 e. The van der Waals surface area contributed by atoms with Gasteiger partial charge in [0.15, 0.2) is 5.82 Å². The average Bonchev–Trinajstić information content (AvgIpc) is 3.16. The first kappa shape index (κ1) is 14.7. The summed E-state index contributed by atoms with van der Waals surface area (Å²) in [7, 11) is 0. The molecule has 0 aliphatic heterocycles. The van der Waals surface area contributed by atoms with E-state index in [4.69, 9.17) is 8.94 Å². The Kier molecular flexibility index (Phi) is 3.68. The number of benzene rings is 1. The first-order valence-corrected chi connectivity index (χ1v) is 8.04. The van der Waals surface area contributed by atoms with Crippen LogP contribution >= 0.6 is 0 Å². The highest BCUT2D eigenvalue weighted by Gasteiger charge is 2.28. The maximum absolute atomic E-state index is 12.0. The lowest BCUT2D eigenvalue weighted by Crippen LogP contribution is -2.36. The van der Waals surface area contributed by atoms with Crippen LogP contribution in [0.5, 0.6) is 0 Å². The molecule has 124 valence electrons. The van der Waals surface area contributed by atoms with Gasteiger partial charge in [0.2, 0.25) is 5.89 Å². The third-order valence-corrected chi connectivity index (χ3v) is 4.05. The van der Waals surface area contributed by atoms with Gasteiger partial charge in [-0.1, -0.05) is 23.4 Å². The summed E-state index contributed by atoms with van der Waals surface area (Å²) in [4.78, 5) is 16.3. The summed E-state index contributed by atoms with van der Waals surface area (Å²) in [6.45, 7) is 2.08. The molecule has 0 saturated heterocycles. The highest BCUT2D eigenvalue weighted by Crippen LogP contribution is 2.38. The van der Waals surface area contributed by atoms with E-state index >= 15 is 0 Å². The van der Waals surface area contributed by atoms with Crippen LogP contribution < -0.4 is 10.6 Å². The van der Waals surface area contributed by atoms with Crippen molar-refractivity contribution in [3.05, 3.63) is 47.8 Å². The van der Waals surface area contributed by atoms with E-state index in [1.165, 1.54) is 0 Å². The van der Waals surface area contributed by atoms with E-state index in [0.717, 1.165) is 29.6 Å². The molecule has 24 heavy (non-hydrogen) atoms. The number of rotatable bonds is 5. The molecule has 1 unspecified atom stereocenters. The molecule has 1 aromatic carbocycles. The van der Waals surface area contributed by atoms with Gasteiger partial charge in [-0.15, -0.1) is 0 Å².